The van der Waals surface area contributed by atoms with Gasteiger partial charge in [-0.2, -0.15) is 0 Å². The van der Waals surface area contributed by atoms with E-state index in [2.05, 4.69) is 40.7 Å². The zero-order chi connectivity index (χ0) is 35.9. The van der Waals surface area contributed by atoms with Crippen LogP contribution in [0.15, 0.2) is 23.0 Å². The SMILES string of the molecule is CC(=O)O[C@H]([C@H]1C[C@@H](C)C2=C(O1)[C@H](O)[C@@]1(C)C3=CC[C@@H]4C(C)(C)[C@@H](O[C@@H]5O[C@@H]([C@@H](O)CO)[C@H](O)[C@H]5O)CC[C@@]45C[C@@]35CC[C@]21C)C(C)(C)O. The van der Waals surface area contributed by atoms with Crippen LogP contribution in [0.25, 0.3) is 0 Å². The van der Waals surface area contributed by atoms with Crippen LogP contribution in [0.1, 0.15) is 100 Å². The molecule has 2 aliphatic heterocycles. The number of allylic oxidation sites excluding steroid dienone is 2. The number of carbonyl (C=O) groups is 1. The van der Waals surface area contributed by atoms with E-state index in [0.717, 1.165) is 44.1 Å². The molecule has 11 nitrogen and oxygen atoms in total. The van der Waals surface area contributed by atoms with Crippen molar-refractivity contribution in [3.8, 4) is 0 Å². The molecule has 0 unspecified atom stereocenters. The van der Waals surface area contributed by atoms with E-state index in [9.17, 15) is 35.4 Å². The number of rotatable bonds is 7. The van der Waals surface area contributed by atoms with Crippen LogP contribution >= 0.6 is 0 Å². The summed E-state index contributed by atoms with van der Waals surface area (Å²) in [5, 5.41) is 64.2. The average Bonchev–Trinajstić information content (AvgIpc) is 3.55. The molecule has 5 aliphatic carbocycles. The quantitative estimate of drug-likeness (QED) is 0.171. The second-order valence-electron chi connectivity index (χ2n) is 18.2. The zero-order valence-corrected chi connectivity index (χ0v) is 30.3. The summed E-state index contributed by atoms with van der Waals surface area (Å²) in [5.74, 6) is 0.452. The molecule has 276 valence electrons. The first-order chi connectivity index (χ1) is 22.7. The first-order valence-electron chi connectivity index (χ1n) is 18.4. The Morgan fingerprint density at radius 1 is 1.10 bits per heavy atom. The van der Waals surface area contributed by atoms with Crippen molar-refractivity contribution in [2.75, 3.05) is 6.61 Å². The molecule has 1 saturated heterocycles. The fourth-order valence-electron chi connectivity index (χ4n) is 12.5. The molecular formula is C38H58O11. The zero-order valence-electron chi connectivity index (χ0n) is 30.3. The highest BCUT2D eigenvalue weighted by Gasteiger charge is 2.82. The van der Waals surface area contributed by atoms with Gasteiger partial charge in [-0.25, -0.2) is 0 Å². The minimum atomic E-state index is -1.36. The third-order valence-corrected chi connectivity index (χ3v) is 15.0. The molecule has 0 bridgehead atoms. The highest BCUT2D eigenvalue weighted by molar-refractivity contribution is 5.66. The molecule has 49 heavy (non-hydrogen) atoms. The van der Waals surface area contributed by atoms with Gasteiger partial charge in [0, 0.05) is 17.8 Å². The Morgan fingerprint density at radius 3 is 2.43 bits per heavy atom. The highest BCUT2D eigenvalue weighted by atomic mass is 16.7. The molecule has 0 aromatic rings. The van der Waals surface area contributed by atoms with Crippen molar-refractivity contribution in [1.29, 1.82) is 0 Å². The number of hydrogen-bond acceptors (Lipinski definition) is 11. The summed E-state index contributed by atoms with van der Waals surface area (Å²) in [6.45, 7) is 15.1. The van der Waals surface area contributed by atoms with E-state index >= 15 is 0 Å². The Hall–Kier alpha value is -1.57. The van der Waals surface area contributed by atoms with Gasteiger partial charge in [0.05, 0.1) is 18.3 Å². The van der Waals surface area contributed by atoms with Gasteiger partial charge in [-0.3, -0.25) is 4.79 Å². The standard InChI is InChI=1S/C38H58O11/c1-18-15-21(31(34(5,6)45)46-19(2)40)47-29-25(18)35(7)13-14-38-17-37(38)12-11-24(48-32-27(43)26(42)28(49-32)20(41)16-39)33(3,4)22(37)9-10-23(38)36(35,8)30(29)44/h10,18,20-22,24,26-28,30-32,39,41-45H,9,11-17H2,1-8H3/t18-,20+,21-,22-,24+,26-,27-,28+,30+,31-,32-,35-,36-,37-,38+/m1/s1. The van der Waals surface area contributed by atoms with Gasteiger partial charge in [0.25, 0.3) is 0 Å². The van der Waals surface area contributed by atoms with Crippen molar-refractivity contribution in [2.24, 2.45) is 38.9 Å². The minimum Gasteiger partial charge on any atom is -0.488 e. The van der Waals surface area contributed by atoms with Crippen LogP contribution < -0.4 is 0 Å². The number of ether oxygens (including phenoxy) is 4. The van der Waals surface area contributed by atoms with Gasteiger partial charge >= 0.3 is 5.97 Å². The van der Waals surface area contributed by atoms with Crippen molar-refractivity contribution < 1.29 is 54.4 Å². The normalized spacial score (nSPS) is 49.3. The molecule has 2 heterocycles. The molecule has 15 atom stereocenters. The highest BCUT2D eigenvalue weighted by Crippen LogP contribution is 2.88. The van der Waals surface area contributed by atoms with E-state index in [0.29, 0.717) is 12.2 Å². The molecule has 7 aliphatic rings. The summed E-state index contributed by atoms with van der Waals surface area (Å²) in [5.41, 5.74) is -0.0435. The molecule has 3 saturated carbocycles. The van der Waals surface area contributed by atoms with E-state index in [-0.39, 0.29) is 39.6 Å². The van der Waals surface area contributed by atoms with Gasteiger partial charge in [-0.1, -0.05) is 46.3 Å². The summed E-state index contributed by atoms with van der Waals surface area (Å²) >= 11 is 0. The van der Waals surface area contributed by atoms with Gasteiger partial charge in [-0.15, -0.1) is 0 Å². The molecule has 2 spiro atoms. The molecule has 0 radical (unpaired) electrons. The summed E-state index contributed by atoms with van der Waals surface area (Å²) in [4.78, 5) is 12.1. The Kier molecular flexibility index (Phi) is 8.20. The lowest BCUT2D eigenvalue weighted by molar-refractivity contribution is -0.240. The molecule has 11 heteroatoms. The number of carbonyl (C=O) groups excluding carboxylic acids is 1. The third kappa shape index (κ3) is 4.65. The smallest absolute Gasteiger partial charge is 0.303 e. The van der Waals surface area contributed by atoms with E-state index in [4.69, 9.17) is 18.9 Å². The molecule has 0 amide bonds. The number of aliphatic hydroxyl groups excluding tert-OH is 5. The number of esters is 1. The number of hydrogen-bond donors (Lipinski definition) is 6. The van der Waals surface area contributed by atoms with Crippen LogP contribution in [-0.4, -0.2) is 104 Å². The Morgan fingerprint density at radius 2 is 1.80 bits per heavy atom. The van der Waals surface area contributed by atoms with Gasteiger partial charge in [-0.05, 0) is 92.4 Å². The molecule has 6 N–H and O–H groups in total. The van der Waals surface area contributed by atoms with Crippen LogP contribution in [0, 0.1) is 38.9 Å². The Labute approximate surface area is 289 Å². The largest absolute Gasteiger partial charge is 0.488 e. The van der Waals surface area contributed by atoms with E-state index < -0.39 is 72.6 Å². The average molecular weight is 691 g/mol. The first-order valence-corrected chi connectivity index (χ1v) is 18.4. The first kappa shape index (κ1) is 35.8. The van der Waals surface area contributed by atoms with Gasteiger partial charge in [0.2, 0.25) is 0 Å². The molecule has 7 rings (SSSR count). The summed E-state index contributed by atoms with van der Waals surface area (Å²) < 4.78 is 24.5. The predicted octanol–water partition coefficient (Wildman–Crippen LogP) is 2.88. The van der Waals surface area contributed by atoms with Gasteiger partial charge < -0.3 is 49.6 Å². The van der Waals surface area contributed by atoms with Crippen molar-refractivity contribution in [3.05, 3.63) is 23.0 Å². The maximum Gasteiger partial charge on any atom is 0.303 e. The third-order valence-electron chi connectivity index (χ3n) is 15.0. The maximum absolute atomic E-state index is 12.4. The van der Waals surface area contributed by atoms with E-state index in [1.165, 1.54) is 12.5 Å². The maximum atomic E-state index is 12.4. The fourth-order valence-corrected chi connectivity index (χ4v) is 12.5. The van der Waals surface area contributed by atoms with Crippen LogP contribution in [0.5, 0.6) is 0 Å². The second-order valence-corrected chi connectivity index (χ2v) is 18.2. The van der Waals surface area contributed by atoms with Crippen molar-refractivity contribution >= 4 is 5.97 Å². The van der Waals surface area contributed by atoms with Crippen LogP contribution in [-0.2, 0) is 23.7 Å². The van der Waals surface area contributed by atoms with E-state index in [1.807, 2.05) is 0 Å². The van der Waals surface area contributed by atoms with Crippen molar-refractivity contribution in [2.45, 2.75) is 161 Å². The summed E-state index contributed by atoms with van der Waals surface area (Å²) in [6.07, 6.45) is -0.419. The molecule has 0 aromatic carbocycles. The summed E-state index contributed by atoms with van der Waals surface area (Å²) in [6, 6.07) is 0. The summed E-state index contributed by atoms with van der Waals surface area (Å²) in [7, 11) is 0. The van der Waals surface area contributed by atoms with E-state index in [1.54, 1.807) is 13.8 Å². The monoisotopic (exact) mass is 690 g/mol. The van der Waals surface area contributed by atoms with Gasteiger partial charge in [0.15, 0.2) is 12.4 Å². The number of aliphatic hydroxyl groups is 6. The van der Waals surface area contributed by atoms with Gasteiger partial charge in [0.1, 0.15) is 42.4 Å². The molecule has 4 fully saturated rings. The van der Waals surface area contributed by atoms with Crippen LogP contribution in [0.2, 0.25) is 0 Å². The fraction of sp³-hybridized carbons (Fsp3) is 0.868. The predicted molar refractivity (Wildman–Crippen MR) is 176 cm³/mol. The lowest BCUT2D eigenvalue weighted by atomic mass is 9.44. The Bertz CT molecular complexity index is 1430. The molecular weight excluding hydrogens is 632 g/mol. The lowest BCUT2D eigenvalue weighted by Crippen LogP contribution is -2.56. The van der Waals surface area contributed by atoms with Crippen LogP contribution in [0.3, 0.4) is 0 Å². The second kappa shape index (κ2) is 11.2. The minimum absolute atomic E-state index is 0.0477. The Balaban J connectivity index is 1.16. The number of fused-ring (bicyclic) bond motifs is 3. The molecule has 0 aromatic heterocycles. The topological polar surface area (TPSA) is 175 Å². The van der Waals surface area contributed by atoms with Crippen LogP contribution in [0.4, 0.5) is 0 Å². The van der Waals surface area contributed by atoms with Crippen molar-refractivity contribution in [1.82, 2.24) is 0 Å². The lowest BCUT2D eigenvalue weighted by Gasteiger charge is -2.60. The van der Waals surface area contributed by atoms with Crippen molar-refractivity contribution in [3.63, 3.8) is 0 Å².